The Morgan fingerprint density at radius 3 is 2.74 bits per heavy atom. The third-order valence-corrected chi connectivity index (χ3v) is 6.42. The number of carbonyl (C=O) groups is 1. The summed E-state index contributed by atoms with van der Waals surface area (Å²) in [7, 11) is 1.53. The van der Waals surface area contributed by atoms with E-state index in [4.69, 9.17) is 16.3 Å². The van der Waals surface area contributed by atoms with Crippen LogP contribution in [0.5, 0.6) is 5.75 Å². The lowest BCUT2D eigenvalue weighted by atomic mass is 9.99. The molecule has 0 saturated carbocycles. The fraction of sp³-hybridized carbons (Fsp3) is 0.0800. The summed E-state index contributed by atoms with van der Waals surface area (Å²) in [4.78, 5) is 39.8. The molecule has 0 aliphatic carbocycles. The first-order valence-electron chi connectivity index (χ1n) is 10.5. The Morgan fingerprint density at radius 1 is 1.11 bits per heavy atom. The molecule has 1 aromatic carbocycles. The van der Waals surface area contributed by atoms with Crippen molar-refractivity contribution >= 4 is 44.3 Å². The van der Waals surface area contributed by atoms with Crippen molar-refractivity contribution in [2.75, 3.05) is 12.4 Å². The van der Waals surface area contributed by atoms with Crippen LogP contribution in [0.15, 0.2) is 71.9 Å². The lowest BCUT2D eigenvalue weighted by Crippen LogP contribution is -2.19. The highest BCUT2D eigenvalue weighted by molar-refractivity contribution is 7.21. The molecule has 0 aliphatic rings. The number of hydrogen-bond donors (Lipinski definition) is 1. The summed E-state index contributed by atoms with van der Waals surface area (Å²) in [6.45, 7) is 1.84. The number of nitrogens with one attached hydrogen (secondary N) is 1. The molecule has 0 atom stereocenters. The number of rotatable bonds is 5. The molecule has 8 nitrogen and oxygen atoms in total. The van der Waals surface area contributed by atoms with E-state index >= 15 is 0 Å². The van der Waals surface area contributed by atoms with Crippen LogP contribution in [0.3, 0.4) is 0 Å². The molecule has 35 heavy (non-hydrogen) atoms. The highest BCUT2D eigenvalue weighted by Crippen LogP contribution is 2.36. The number of fused-ring (bicyclic) bond motifs is 1. The van der Waals surface area contributed by atoms with Gasteiger partial charge in [-0.2, -0.15) is 0 Å². The van der Waals surface area contributed by atoms with Gasteiger partial charge in [-0.25, -0.2) is 15.0 Å². The molecule has 4 aromatic heterocycles. The van der Waals surface area contributed by atoms with Crippen LogP contribution in [0, 0.1) is 6.92 Å². The van der Waals surface area contributed by atoms with Gasteiger partial charge in [-0.05, 0) is 55.0 Å². The van der Waals surface area contributed by atoms with Gasteiger partial charge in [0.1, 0.15) is 21.9 Å². The van der Waals surface area contributed by atoms with Crippen molar-refractivity contribution in [3.8, 4) is 22.7 Å². The molecule has 4 heterocycles. The number of thiazole rings is 1. The van der Waals surface area contributed by atoms with Gasteiger partial charge in [0, 0.05) is 40.8 Å². The summed E-state index contributed by atoms with van der Waals surface area (Å²) in [6.07, 6.45) is 4.75. The van der Waals surface area contributed by atoms with E-state index in [1.807, 2.05) is 19.1 Å². The minimum Gasteiger partial charge on any atom is -0.496 e. The second kappa shape index (κ2) is 9.28. The van der Waals surface area contributed by atoms with E-state index in [2.05, 4.69) is 20.3 Å². The normalized spacial score (nSPS) is 10.9. The summed E-state index contributed by atoms with van der Waals surface area (Å²) in [5, 5.41) is 3.71. The van der Waals surface area contributed by atoms with Crippen molar-refractivity contribution in [1.82, 2.24) is 19.5 Å². The summed E-state index contributed by atoms with van der Waals surface area (Å²) in [5.74, 6) is 0.449. The van der Waals surface area contributed by atoms with Crippen LogP contribution in [0.4, 0.5) is 5.13 Å². The highest BCUT2D eigenvalue weighted by Gasteiger charge is 2.20. The second-order valence-electron chi connectivity index (χ2n) is 7.65. The maximum absolute atomic E-state index is 13.4. The number of benzene rings is 1. The van der Waals surface area contributed by atoms with Crippen molar-refractivity contribution in [3.63, 3.8) is 0 Å². The van der Waals surface area contributed by atoms with Crippen LogP contribution in [-0.2, 0) is 0 Å². The van der Waals surface area contributed by atoms with Gasteiger partial charge in [0.2, 0.25) is 0 Å². The van der Waals surface area contributed by atoms with Gasteiger partial charge in [0.05, 0.1) is 12.7 Å². The Morgan fingerprint density at radius 2 is 1.97 bits per heavy atom. The Hall–Kier alpha value is -4.08. The van der Waals surface area contributed by atoms with Crippen molar-refractivity contribution in [2.24, 2.45) is 0 Å². The summed E-state index contributed by atoms with van der Waals surface area (Å²) >= 11 is 7.56. The van der Waals surface area contributed by atoms with Gasteiger partial charge in [-0.1, -0.05) is 22.9 Å². The molecule has 0 fully saturated rings. The lowest BCUT2D eigenvalue weighted by molar-refractivity contribution is 0.102. The van der Waals surface area contributed by atoms with Crippen LogP contribution in [-0.4, -0.2) is 32.5 Å². The van der Waals surface area contributed by atoms with Gasteiger partial charge in [0.15, 0.2) is 5.13 Å². The van der Waals surface area contributed by atoms with E-state index in [9.17, 15) is 9.59 Å². The number of carbonyl (C=O) groups excluding carboxylic acids is 1. The number of amides is 1. The molecule has 0 radical (unpaired) electrons. The molecular formula is C25H18ClN5O3S. The van der Waals surface area contributed by atoms with Crippen molar-refractivity contribution in [2.45, 2.75) is 6.92 Å². The number of aromatic nitrogens is 4. The van der Waals surface area contributed by atoms with E-state index in [1.54, 1.807) is 42.7 Å². The maximum Gasteiger partial charge on any atom is 0.259 e. The number of methoxy groups -OCH3 is 1. The van der Waals surface area contributed by atoms with Gasteiger partial charge >= 0.3 is 0 Å². The average molecular weight is 504 g/mol. The number of pyridine rings is 3. The minimum absolute atomic E-state index is 0.235. The third kappa shape index (κ3) is 4.51. The zero-order valence-corrected chi connectivity index (χ0v) is 20.2. The van der Waals surface area contributed by atoms with E-state index < -0.39 is 5.91 Å². The van der Waals surface area contributed by atoms with E-state index in [0.29, 0.717) is 43.2 Å². The standard InChI is InChI=1S/C25H18ClN5O3S/c1-14-7-9-31(22(32)10-14)21-12-16(17-11-15(26)5-6-20(17)34-2)18(13-28-21)23(33)30-25-29-19-4-3-8-27-24(19)35-25/h3-13H,1-2H3,(H,29,30,33). The molecule has 1 amide bonds. The van der Waals surface area contributed by atoms with E-state index in [0.717, 1.165) is 5.56 Å². The predicted molar refractivity (Wildman–Crippen MR) is 137 cm³/mol. The Labute approximate surface area is 208 Å². The number of hydrogen-bond acceptors (Lipinski definition) is 7. The van der Waals surface area contributed by atoms with Crippen LogP contribution >= 0.6 is 22.9 Å². The number of ether oxygens (including phenoxy) is 1. The molecule has 0 bridgehead atoms. The minimum atomic E-state index is -0.420. The van der Waals surface area contributed by atoms with Gasteiger partial charge in [0.25, 0.3) is 11.5 Å². The molecule has 1 N–H and O–H groups in total. The zero-order chi connectivity index (χ0) is 24.5. The maximum atomic E-state index is 13.4. The molecule has 0 saturated heterocycles. The third-order valence-electron chi connectivity index (χ3n) is 5.29. The SMILES string of the molecule is COc1ccc(Cl)cc1-c1cc(-n2ccc(C)cc2=O)ncc1C(=O)Nc1nc2cccnc2s1. The first-order chi connectivity index (χ1) is 16.9. The molecule has 5 aromatic rings. The summed E-state index contributed by atoms with van der Waals surface area (Å²) in [6, 6.07) is 13.7. The first-order valence-corrected chi connectivity index (χ1v) is 11.7. The fourth-order valence-corrected chi connectivity index (χ4v) is 4.60. The number of halogens is 1. The molecule has 174 valence electrons. The topological polar surface area (TPSA) is 99.0 Å². The van der Waals surface area contributed by atoms with E-state index in [-0.39, 0.29) is 11.1 Å². The summed E-state index contributed by atoms with van der Waals surface area (Å²) < 4.78 is 6.95. The average Bonchev–Trinajstić information content (AvgIpc) is 3.26. The lowest BCUT2D eigenvalue weighted by Gasteiger charge is -2.15. The van der Waals surface area contributed by atoms with Crippen molar-refractivity contribution in [3.05, 3.63) is 93.6 Å². The van der Waals surface area contributed by atoms with Crippen LogP contribution in [0.1, 0.15) is 15.9 Å². The first kappa shape index (κ1) is 22.7. The smallest absolute Gasteiger partial charge is 0.259 e. The molecule has 0 unspecified atom stereocenters. The molecular weight excluding hydrogens is 486 g/mol. The zero-order valence-electron chi connectivity index (χ0n) is 18.7. The molecule has 5 rings (SSSR count). The van der Waals surface area contributed by atoms with Crippen LogP contribution < -0.4 is 15.6 Å². The largest absolute Gasteiger partial charge is 0.496 e. The fourth-order valence-electron chi connectivity index (χ4n) is 3.63. The monoisotopic (exact) mass is 503 g/mol. The van der Waals surface area contributed by atoms with Gasteiger partial charge < -0.3 is 4.74 Å². The molecule has 0 aliphatic heterocycles. The van der Waals surface area contributed by atoms with Crippen LogP contribution in [0.2, 0.25) is 5.02 Å². The Kier molecular flexibility index (Phi) is 6.02. The Bertz CT molecular complexity index is 1610. The highest BCUT2D eigenvalue weighted by atomic mass is 35.5. The second-order valence-corrected chi connectivity index (χ2v) is 9.06. The van der Waals surface area contributed by atoms with Crippen molar-refractivity contribution < 1.29 is 9.53 Å². The van der Waals surface area contributed by atoms with Gasteiger partial charge in [-0.3, -0.25) is 19.5 Å². The number of aryl methyl sites for hydroxylation is 1. The van der Waals surface area contributed by atoms with Crippen LogP contribution in [0.25, 0.3) is 27.3 Å². The van der Waals surface area contributed by atoms with E-state index in [1.165, 1.54) is 35.3 Å². The number of anilines is 1. The number of nitrogens with zero attached hydrogens (tertiary/aromatic N) is 4. The molecule has 0 spiro atoms. The van der Waals surface area contributed by atoms with Crippen molar-refractivity contribution in [1.29, 1.82) is 0 Å². The predicted octanol–water partition coefficient (Wildman–Crippen LogP) is 5.13. The quantitative estimate of drug-likeness (QED) is 0.357. The van der Waals surface area contributed by atoms with Gasteiger partial charge in [-0.15, -0.1) is 0 Å². The Balaban J connectivity index is 1.64. The summed E-state index contributed by atoms with van der Waals surface area (Å²) in [5.41, 5.74) is 2.64. The molecule has 10 heteroatoms.